The first kappa shape index (κ1) is 14.5. The van der Waals surface area contributed by atoms with E-state index in [4.69, 9.17) is 16.1 Å². The maximum absolute atomic E-state index is 11.7. The number of hydrogen-bond acceptors (Lipinski definition) is 5. The number of alkyl halides is 1. The SMILES string of the molecule is O=C(CCl)N1CCCC(Cc2nc(-c3ccsc3)no2)C1. The first-order valence-electron chi connectivity index (χ1n) is 6.95. The van der Waals surface area contributed by atoms with Crippen LogP contribution < -0.4 is 0 Å². The molecule has 7 heteroatoms. The summed E-state index contributed by atoms with van der Waals surface area (Å²) in [5.41, 5.74) is 0.984. The Morgan fingerprint density at radius 3 is 3.24 bits per heavy atom. The van der Waals surface area contributed by atoms with Crippen molar-refractivity contribution in [1.29, 1.82) is 0 Å². The summed E-state index contributed by atoms with van der Waals surface area (Å²) in [4.78, 5) is 17.9. The first-order chi connectivity index (χ1) is 10.3. The first-order valence-corrected chi connectivity index (χ1v) is 8.43. The minimum absolute atomic E-state index is 0.00542. The minimum Gasteiger partial charge on any atom is -0.341 e. The van der Waals surface area contributed by atoms with Crippen LogP contribution in [0.1, 0.15) is 18.7 Å². The number of rotatable bonds is 4. The standard InChI is InChI=1S/C14H16ClN3O2S/c15-7-13(19)18-4-1-2-10(8-18)6-12-16-14(17-20-12)11-3-5-21-9-11/h3,5,9-10H,1-2,4,6-8H2. The number of halogens is 1. The number of carbonyl (C=O) groups excluding carboxylic acids is 1. The van der Waals surface area contributed by atoms with Gasteiger partial charge in [0.2, 0.25) is 17.6 Å². The average Bonchev–Trinajstić information content (AvgIpc) is 3.17. The van der Waals surface area contributed by atoms with Gasteiger partial charge >= 0.3 is 0 Å². The van der Waals surface area contributed by atoms with Gasteiger partial charge in [-0.3, -0.25) is 4.79 Å². The second-order valence-corrected chi connectivity index (χ2v) is 6.26. The fourth-order valence-electron chi connectivity index (χ4n) is 2.64. The molecule has 1 aliphatic heterocycles. The van der Waals surface area contributed by atoms with Crippen LogP contribution in [0.3, 0.4) is 0 Å². The Balaban J connectivity index is 1.62. The van der Waals surface area contributed by atoms with E-state index >= 15 is 0 Å². The van der Waals surface area contributed by atoms with Gasteiger partial charge in [0.15, 0.2) is 0 Å². The van der Waals surface area contributed by atoms with Crippen molar-refractivity contribution in [2.75, 3.05) is 19.0 Å². The summed E-state index contributed by atoms with van der Waals surface area (Å²) in [6.07, 6.45) is 2.78. The highest BCUT2D eigenvalue weighted by atomic mass is 35.5. The Bertz CT molecular complexity index is 599. The molecule has 0 aromatic carbocycles. The topological polar surface area (TPSA) is 59.2 Å². The van der Waals surface area contributed by atoms with Crippen LogP contribution >= 0.6 is 22.9 Å². The molecule has 0 spiro atoms. The number of amides is 1. The molecule has 1 aliphatic rings. The monoisotopic (exact) mass is 325 g/mol. The van der Waals surface area contributed by atoms with Crippen molar-refractivity contribution < 1.29 is 9.32 Å². The minimum atomic E-state index is 0.00542. The van der Waals surface area contributed by atoms with Gasteiger partial charge in [-0.25, -0.2) is 0 Å². The molecule has 1 amide bonds. The van der Waals surface area contributed by atoms with E-state index in [1.807, 2.05) is 21.7 Å². The van der Waals surface area contributed by atoms with Crippen LogP contribution in [0.5, 0.6) is 0 Å². The van der Waals surface area contributed by atoms with Gasteiger partial charge < -0.3 is 9.42 Å². The second-order valence-electron chi connectivity index (χ2n) is 5.21. The Labute approximate surface area is 131 Å². The van der Waals surface area contributed by atoms with Gasteiger partial charge in [-0.05, 0) is 30.2 Å². The van der Waals surface area contributed by atoms with Gasteiger partial charge in [-0.2, -0.15) is 16.3 Å². The van der Waals surface area contributed by atoms with E-state index in [0.717, 1.165) is 31.5 Å². The third-order valence-corrected chi connectivity index (χ3v) is 4.61. The number of hydrogen-bond donors (Lipinski definition) is 0. The Morgan fingerprint density at radius 2 is 2.48 bits per heavy atom. The van der Waals surface area contributed by atoms with Crippen LogP contribution in [0, 0.1) is 5.92 Å². The third kappa shape index (κ3) is 3.44. The number of piperidine rings is 1. The molecule has 112 valence electrons. The Morgan fingerprint density at radius 1 is 1.57 bits per heavy atom. The van der Waals surface area contributed by atoms with Crippen LogP contribution in [0.25, 0.3) is 11.4 Å². The fraction of sp³-hybridized carbons (Fsp3) is 0.500. The van der Waals surface area contributed by atoms with E-state index < -0.39 is 0 Å². The lowest BCUT2D eigenvalue weighted by atomic mass is 9.95. The number of likely N-dealkylation sites (tertiary alicyclic amines) is 1. The van der Waals surface area contributed by atoms with Gasteiger partial charge in [0, 0.05) is 30.5 Å². The van der Waals surface area contributed by atoms with E-state index in [-0.39, 0.29) is 11.8 Å². The Kier molecular flexibility index (Phi) is 4.55. The highest BCUT2D eigenvalue weighted by Crippen LogP contribution is 2.23. The van der Waals surface area contributed by atoms with Crippen molar-refractivity contribution in [2.45, 2.75) is 19.3 Å². The Hall–Kier alpha value is -1.40. The molecule has 0 aliphatic carbocycles. The molecule has 2 aromatic heterocycles. The van der Waals surface area contributed by atoms with Gasteiger partial charge in [0.05, 0.1) is 0 Å². The number of thiophene rings is 1. The summed E-state index contributed by atoms with van der Waals surface area (Å²) in [7, 11) is 0. The van der Waals surface area contributed by atoms with Gasteiger partial charge in [0.25, 0.3) is 0 Å². The van der Waals surface area contributed by atoms with E-state index in [9.17, 15) is 4.79 Å². The maximum Gasteiger partial charge on any atom is 0.237 e. The largest absolute Gasteiger partial charge is 0.341 e. The van der Waals surface area contributed by atoms with Crippen molar-refractivity contribution in [3.8, 4) is 11.4 Å². The number of carbonyl (C=O) groups is 1. The molecule has 5 nitrogen and oxygen atoms in total. The molecule has 1 unspecified atom stereocenters. The van der Waals surface area contributed by atoms with Gasteiger partial charge in [-0.15, -0.1) is 11.6 Å². The zero-order valence-corrected chi connectivity index (χ0v) is 13.1. The predicted octanol–water partition coefficient (Wildman–Crippen LogP) is 2.82. The fourth-order valence-corrected chi connectivity index (χ4v) is 3.44. The highest BCUT2D eigenvalue weighted by Gasteiger charge is 2.25. The molecule has 3 rings (SSSR count). The lowest BCUT2D eigenvalue weighted by Crippen LogP contribution is -2.41. The molecule has 0 saturated carbocycles. The summed E-state index contributed by atoms with van der Waals surface area (Å²) in [5.74, 6) is 1.69. The van der Waals surface area contributed by atoms with E-state index in [0.29, 0.717) is 24.1 Å². The summed E-state index contributed by atoms with van der Waals surface area (Å²) < 4.78 is 5.33. The predicted molar refractivity (Wildman–Crippen MR) is 81.3 cm³/mol. The van der Waals surface area contributed by atoms with Gasteiger partial charge in [-0.1, -0.05) is 5.16 Å². The molecule has 1 atom stereocenters. The average molecular weight is 326 g/mol. The maximum atomic E-state index is 11.7. The molecule has 2 aromatic rings. The van der Waals surface area contributed by atoms with Crippen molar-refractivity contribution in [2.24, 2.45) is 5.92 Å². The summed E-state index contributed by atoms with van der Waals surface area (Å²) >= 11 is 7.23. The molecule has 1 fully saturated rings. The third-order valence-electron chi connectivity index (χ3n) is 3.70. The van der Waals surface area contributed by atoms with E-state index in [2.05, 4.69) is 10.1 Å². The zero-order valence-electron chi connectivity index (χ0n) is 11.5. The normalized spacial score (nSPS) is 18.9. The van der Waals surface area contributed by atoms with Gasteiger partial charge in [0.1, 0.15) is 5.88 Å². The molecule has 0 radical (unpaired) electrons. The summed E-state index contributed by atoms with van der Waals surface area (Å²) in [6, 6.07) is 1.97. The quantitative estimate of drug-likeness (QED) is 0.811. The van der Waals surface area contributed by atoms with E-state index in [1.54, 1.807) is 11.3 Å². The highest BCUT2D eigenvalue weighted by molar-refractivity contribution is 7.08. The van der Waals surface area contributed by atoms with E-state index in [1.165, 1.54) is 0 Å². The number of nitrogens with zero attached hydrogens (tertiary/aromatic N) is 3. The smallest absolute Gasteiger partial charge is 0.237 e. The molecule has 3 heterocycles. The van der Waals surface area contributed by atoms with Crippen LogP contribution in [-0.4, -0.2) is 39.9 Å². The van der Waals surface area contributed by atoms with Crippen molar-refractivity contribution in [1.82, 2.24) is 15.0 Å². The zero-order chi connectivity index (χ0) is 14.7. The lowest BCUT2D eigenvalue weighted by molar-refractivity contribution is -0.130. The molecule has 21 heavy (non-hydrogen) atoms. The molecular formula is C14H16ClN3O2S. The van der Waals surface area contributed by atoms with Crippen molar-refractivity contribution in [3.05, 3.63) is 22.7 Å². The molecule has 0 N–H and O–H groups in total. The number of aromatic nitrogens is 2. The van der Waals surface area contributed by atoms with Crippen LogP contribution in [-0.2, 0) is 11.2 Å². The molecule has 1 saturated heterocycles. The van der Waals surface area contributed by atoms with Crippen LogP contribution in [0.4, 0.5) is 0 Å². The summed E-state index contributed by atoms with van der Waals surface area (Å²) in [5, 5.41) is 8.00. The second kappa shape index (κ2) is 6.58. The van der Waals surface area contributed by atoms with Crippen LogP contribution in [0.2, 0.25) is 0 Å². The van der Waals surface area contributed by atoms with Crippen molar-refractivity contribution >= 4 is 28.8 Å². The lowest BCUT2D eigenvalue weighted by Gasteiger charge is -2.31. The van der Waals surface area contributed by atoms with Crippen molar-refractivity contribution in [3.63, 3.8) is 0 Å². The molecular weight excluding hydrogens is 310 g/mol. The summed E-state index contributed by atoms with van der Waals surface area (Å²) in [6.45, 7) is 1.52. The molecule has 0 bridgehead atoms. The van der Waals surface area contributed by atoms with Crippen LogP contribution in [0.15, 0.2) is 21.3 Å².